The van der Waals surface area contributed by atoms with E-state index in [2.05, 4.69) is 20.8 Å². The predicted molar refractivity (Wildman–Crippen MR) is 121 cm³/mol. The van der Waals surface area contributed by atoms with Crippen LogP contribution in [0.1, 0.15) is 136 Å². The Balaban J connectivity index is 0. The Labute approximate surface area is 175 Å². The van der Waals surface area contributed by atoms with Crippen LogP contribution in [-0.2, 0) is 10.4 Å². The molecule has 0 aliphatic heterocycles. The third-order valence-corrected chi connectivity index (χ3v) is 5.33. The van der Waals surface area contributed by atoms with Crippen molar-refractivity contribution in [3.8, 4) is 0 Å². The van der Waals surface area contributed by atoms with E-state index in [0.29, 0.717) is 0 Å². The molecule has 0 aromatic rings. The van der Waals surface area contributed by atoms with Crippen molar-refractivity contribution >= 4 is 10.4 Å². The molecule has 28 heavy (non-hydrogen) atoms. The van der Waals surface area contributed by atoms with Crippen LogP contribution in [0.5, 0.6) is 0 Å². The standard InChI is InChI=1S/C22H47N.H2O4S/c1-4-7-10-13-16-19-22(23,20-17-14-11-8-5-2)21-18-15-12-9-6-3;1-5(2,3)4/h4-21,23H2,1-3H3;(H2,1,2,3,4). The Morgan fingerprint density at radius 3 is 1.00 bits per heavy atom. The average molecular weight is 424 g/mol. The molecule has 0 aromatic heterocycles. The quantitative estimate of drug-likeness (QED) is 0.161. The molecule has 0 radical (unpaired) electrons. The van der Waals surface area contributed by atoms with E-state index in [1.807, 2.05) is 0 Å². The van der Waals surface area contributed by atoms with Crippen LogP contribution in [0.4, 0.5) is 0 Å². The molecule has 0 fully saturated rings. The zero-order valence-corrected chi connectivity index (χ0v) is 19.7. The summed E-state index contributed by atoms with van der Waals surface area (Å²) >= 11 is 0. The van der Waals surface area contributed by atoms with Gasteiger partial charge in [-0.3, -0.25) is 9.11 Å². The van der Waals surface area contributed by atoms with E-state index in [0.717, 1.165) is 0 Å². The molecule has 0 rings (SSSR count). The highest BCUT2D eigenvalue weighted by Crippen LogP contribution is 2.26. The van der Waals surface area contributed by atoms with Crippen molar-refractivity contribution in [2.75, 3.05) is 0 Å². The van der Waals surface area contributed by atoms with Gasteiger partial charge < -0.3 is 5.73 Å². The largest absolute Gasteiger partial charge is 0.394 e. The fraction of sp³-hybridized carbons (Fsp3) is 1.00. The van der Waals surface area contributed by atoms with Crippen molar-refractivity contribution in [1.82, 2.24) is 0 Å². The molecule has 0 unspecified atom stereocenters. The first-order valence-corrected chi connectivity index (χ1v) is 13.1. The Kier molecular flexibility index (Phi) is 21.6. The first-order valence-electron chi connectivity index (χ1n) is 11.7. The maximum absolute atomic E-state index is 8.74. The summed E-state index contributed by atoms with van der Waals surface area (Å²) in [6, 6.07) is 0. The van der Waals surface area contributed by atoms with E-state index >= 15 is 0 Å². The van der Waals surface area contributed by atoms with E-state index < -0.39 is 10.4 Å². The van der Waals surface area contributed by atoms with Crippen LogP contribution in [-0.4, -0.2) is 23.1 Å². The van der Waals surface area contributed by atoms with Gasteiger partial charge in [-0.2, -0.15) is 8.42 Å². The van der Waals surface area contributed by atoms with E-state index in [4.69, 9.17) is 23.3 Å². The zero-order chi connectivity index (χ0) is 21.7. The highest BCUT2D eigenvalue weighted by Gasteiger charge is 2.23. The van der Waals surface area contributed by atoms with E-state index in [1.165, 1.54) is 116 Å². The first-order chi connectivity index (χ1) is 13.2. The highest BCUT2D eigenvalue weighted by atomic mass is 32.3. The fourth-order valence-corrected chi connectivity index (χ4v) is 3.62. The molecule has 6 heteroatoms. The van der Waals surface area contributed by atoms with Gasteiger partial charge in [-0.1, -0.05) is 117 Å². The third-order valence-electron chi connectivity index (χ3n) is 5.33. The minimum atomic E-state index is -4.67. The van der Waals surface area contributed by atoms with Crippen LogP contribution in [0, 0.1) is 0 Å². The van der Waals surface area contributed by atoms with Crippen molar-refractivity contribution in [2.45, 2.75) is 142 Å². The van der Waals surface area contributed by atoms with Crippen LogP contribution >= 0.6 is 0 Å². The van der Waals surface area contributed by atoms with Gasteiger partial charge in [-0.25, -0.2) is 0 Å². The summed E-state index contributed by atoms with van der Waals surface area (Å²) in [6.45, 7) is 6.87. The molecular formula is C22H49NO4S. The Morgan fingerprint density at radius 2 is 0.786 bits per heavy atom. The summed E-state index contributed by atoms with van der Waals surface area (Å²) in [5, 5.41) is 0. The first kappa shape index (κ1) is 30.0. The Morgan fingerprint density at radius 1 is 0.571 bits per heavy atom. The molecule has 0 saturated carbocycles. The summed E-state index contributed by atoms with van der Waals surface area (Å²) in [6.07, 6.45) is 24.4. The zero-order valence-electron chi connectivity index (χ0n) is 18.9. The number of unbranched alkanes of at least 4 members (excludes halogenated alkanes) is 12. The minimum absolute atomic E-state index is 0.143. The van der Waals surface area contributed by atoms with Gasteiger partial charge in [0.2, 0.25) is 0 Å². The third kappa shape index (κ3) is 28.0. The topological polar surface area (TPSA) is 101 Å². The van der Waals surface area contributed by atoms with Crippen LogP contribution in [0.25, 0.3) is 0 Å². The summed E-state index contributed by atoms with van der Waals surface area (Å²) in [5.41, 5.74) is 6.99. The molecule has 0 aromatic carbocycles. The molecule has 0 aliphatic rings. The monoisotopic (exact) mass is 423 g/mol. The van der Waals surface area contributed by atoms with Gasteiger partial charge in [0.15, 0.2) is 0 Å². The molecule has 5 nitrogen and oxygen atoms in total. The molecule has 0 atom stereocenters. The number of rotatable bonds is 18. The molecule has 0 bridgehead atoms. The van der Waals surface area contributed by atoms with E-state index in [-0.39, 0.29) is 5.54 Å². The van der Waals surface area contributed by atoms with Gasteiger partial charge in [0, 0.05) is 5.54 Å². The maximum Gasteiger partial charge on any atom is 0.394 e. The molecular weight excluding hydrogens is 374 g/mol. The minimum Gasteiger partial charge on any atom is -0.325 e. The molecule has 0 aliphatic carbocycles. The molecule has 0 amide bonds. The summed E-state index contributed by atoms with van der Waals surface area (Å²) in [4.78, 5) is 0. The second-order valence-electron chi connectivity index (χ2n) is 8.30. The van der Waals surface area contributed by atoms with Gasteiger partial charge in [-0.15, -0.1) is 0 Å². The Bertz CT molecular complexity index is 369. The van der Waals surface area contributed by atoms with E-state index in [1.54, 1.807) is 0 Å². The summed E-state index contributed by atoms with van der Waals surface area (Å²) < 4.78 is 31.6. The lowest BCUT2D eigenvalue weighted by Gasteiger charge is -2.30. The SMILES string of the molecule is CCCCCCCC(N)(CCCCCCC)CCCCCCC.O=S(=O)(O)O. The van der Waals surface area contributed by atoms with Crippen molar-refractivity contribution < 1.29 is 17.5 Å². The lowest BCUT2D eigenvalue weighted by Crippen LogP contribution is -2.39. The molecule has 172 valence electrons. The fourth-order valence-electron chi connectivity index (χ4n) is 3.62. The van der Waals surface area contributed by atoms with Gasteiger partial charge in [-0.05, 0) is 19.3 Å². The molecule has 0 spiro atoms. The number of hydrogen-bond donors (Lipinski definition) is 3. The Hall–Kier alpha value is -0.170. The van der Waals surface area contributed by atoms with Gasteiger partial charge in [0.25, 0.3) is 0 Å². The van der Waals surface area contributed by atoms with Gasteiger partial charge >= 0.3 is 10.4 Å². The summed E-state index contributed by atoms with van der Waals surface area (Å²) in [7, 11) is -4.67. The van der Waals surface area contributed by atoms with Crippen molar-refractivity contribution in [2.24, 2.45) is 5.73 Å². The van der Waals surface area contributed by atoms with Gasteiger partial charge in [0.05, 0.1) is 0 Å². The molecule has 0 heterocycles. The predicted octanol–water partition coefficient (Wildman–Crippen LogP) is 7.11. The second kappa shape index (κ2) is 20.1. The lowest BCUT2D eigenvalue weighted by atomic mass is 9.82. The van der Waals surface area contributed by atoms with Crippen molar-refractivity contribution in [3.63, 3.8) is 0 Å². The molecule has 4 N–H and O–H groups in total. The number of hydrogen-bond acceptors (Lipinski definition) is 3. The second-order valence-corrected chi connectivity index (χ2v) is 9.20. The number of nitrogens with two attached hydrogens (primary N) is 1. The summed E-state index contributed by atoms with van der Waals surface area (Å²) in [5.74, 6) is 0. The normalized spacial score (nSPS) is 11.9. The van der Waals surface area contributed by atoms with Crippen molar-refractivity contribution in [3.05, 3.63) is 0 Å². The molecule has 0 saturated heterocycles. The van der Waals surface area contributed by atoms with E-state index in [9.17, 15) is 0 Å². The van der Waals surface area contributed by atoms with Crippen LogP contribution in [0.3, 0.4) is 0 Å². The van der Waals surface area contributed by atoms with Crippen LogP contribution < -0.4 is 5.73 Å². The van der Waals surface area contributed by atoms with Gasteiger partial charge in [0.1, 0.15) is 0 Å². The lowest BCUT2D eigenvalue weighted by molar-refractivity contribution is 0.303. The smallest absolute Gasteiger partial charge is 0.325 e. The van der Waals surface area contributed by atoms with Crippen LogP contribution in [0.2, 0.25) is 0 Å². The maximum atomic E-state index is 8.74. The van der Waals surface area contributed by atoms with Crippen molar-refractivity contribution in [1.29, 1.82) is 0 Å². The van der Waals surface area contributed by atoms with Crippen LogP contribution in [0.15, 0.2) is 0 Å². The average Bonchev–Trinajstić information content (AvgIpc) is 2.60. The highest BCUT2D eigenvalue weighted by molar-refractivity contribution is 7.79.